The first-order chi connectivity index (χ1) is 9.16. The average Bonchev–Trinajstić information content (AvgIpc) is 2.36. The second-order valence-corrected chi connectivity index (χ2v) is 6.80. The van der Waals surface area contributed by atoms with Crippen molar-refractivity contribution in [1.29, 1.82) is 0 Å². The van der Waals surface area contributed by atoms with Crippen LogP contribution in [0.5, 0.6) is 0 Å². The third-order valence-electron chi connectivity index (χ3n) is 4.26. The molecule has 0 bridgehead atoms. The Morgan fingerprint density at radius 2 is 1.90 bits per heavy atom. The fraction of sp³-hybridized carbons (Fsp3) is 0.647. The monoisotopic (exact) mass is 280 g/mol. The second kappa shape index (κ2) is 6.57. The van der Waals surface area contributed by atoms with Crippen LogP contribution in [-0.2, 0) is 6.42 Å². The first-order valence-corrected chi connectivity index (χ1v) is 7.43. The molecule has 114 valence electrons. The maximum absolute atomic E-state index is 13.5. The predicted molar refractivity (Wildman–Crippen MR) is 85.7 cm³/mol. The highest BCUT2D eigenvalue weighted by Gasteiger charge is 2.25. The van der Waals surface area contributed by atoms with E-state index in [0.717, 1.165) is 17.7 Å². The maximum Gasteiger partial charge on any atom is 0.123 e. The lowest BCUT2D eigenvalue weighted by Gasteiger charge is -2.38. The van der Waals surface area contributed by atoms with E-state index in [0.29, 0.717) is 12.5 Å². The summed E-state index contributed by atoms with van der Waals surface area (Å²) < 4.78 is 13.5. The molecule has 2 unspecified atom stereocenters. The molecule has 0 spiro atoms. The lowest BCUT2D eigenvalue weighted by atomic mass is 9.86. The van der Waals surface area contributed by atoms with E-state index in [1.807, 2.05) is 6.07 Å². The van der Waals surface area contributed by atoms with Crippen LogP contribution in [0.15, 0.2) is 18.2 Å². The van der Waals surface area contributed by atoms with Crippen LogP contribution in [0.25, 0.3) is 0 Å². The molecule has 0 saturated heterocycles. The standard InChI is InChI=1S/C17H29FN2/c1-7-15(19)11-13-10-14(18)8-9-16(13)20(6)12(2)17(3,4)5/h8-10,12,15H,7,11,19H2,1-6H3. The van der Waals surface area contributed by atoms with Crippen LogP contribution in [-0.4, -0.2) is 19.1 Å². The smallest absolute Gasteiger partial charge is 0.123 e. The zero-order valence-electron chi connectivity index (χ0n) is 13.7. The first-order valence-electron chi connectivity index (χ1n) is 7.43. The SMILES string of the molecule is CCC(N)Cc1cc(F)ccc1N(C)C(C)C(C)(C)C. The lowest BCUT2D eigenvalue weighted by Crippen LogP contribution is -2.40. The Balaban J connectivity index is 3.10. The van der Waals surface area contributed by atoms with Crippen LogP contribution in [0, 0.1) is 11.2 Å². The predicted octanol–water partition coefficient (Wildman–Crippen LogP) is 3.98. The number of halogens is 1. The summed E-state index contributed by atoms with van der Waals surface area (Å²) in [5, 5.41) is 0. The fourth-order valence-corrected chi connectivity index (χ4v) is 2.28. The molecule has 2 N–H and O–H groups in total. The Kier molecular flexibility index (Phi) is 5.58. The quantitative estimate of drug-likeness (QED) is 0.884. The van der Waals surface area contributed by atoms with Gasteiger partial charge in [0, 0.05) is 24.8 Å². The summed E-state index contributed by atoms with van der Waals surface area (Å²) in [4.78, 5) is 2.23. The van der Waals surface area contributed by atoms with E-state index in [9.17, 15) is 4.39 Å². The third-order valence-corrected chi connectivity index (χ3v) is 4.26. The molecule has 0 aliphatic rings. The summed E-state index contributed by atoms with van der Waals surface area (Å²) in [5.41, 5.74) is 8.28. The van der Waals surface area contributed by atoms with Gasteiger partial charge in [-0.15, -0.1) is 0 Å². The van der Waals surface area contributed by atoms with Crippen LogP contribution < -0.4 is 10.6 Å². The van der Waals surface area contributed by atoms with Gasteiger partial charge in [-0.1, -0.05) is 27.7 Å². The summed E-state index contributed by atoms with van der Waals surface area (Å²) in [5.74, 6) is -0.191. The van der Waals surface area contributed by atoms with Crippen molar-refractivity contribution in [1.82, 2.24) is 0 Å². The van der Waals surface area contributed by atoms with Crippen LogP contribution in [0.2, 0.25) is 0 Å². The van der Waals surface area contributed by atoms with E-state index in [1.54, 1.807) is 6.07 Å². The molecular formula is C17H29FN2. The lowest BCUT2D eigenvalue weighted by molar-refractivity contribution is 0.329. The average molecular weight is 280 g/mol. The van der Waals surface area contributed by atoms with Gasteiger partial charge in [0.25, 0.3) is 0 Å². The molecular weight excluding hydrogens is 251 g/mol. The van der Waals surface area contributed by atoms with Crippen molar-refractivity contribution in [3.05, 3.63) is 29.6 Å². The molecule has 0 heterocycles. The normalized spacial score (nSPS) is 15.0. The molecule has 20 heavy (non-hydrogen) atoms. The number of rotatable bonds is 5. The van der Waals surface area contributed by atoms with Crippen molar-refractivity contribution in [2.24, 2.45) is 11.1 Å². The van der Waals surface area contributed by atoms with E-state index in [1.165, 1.54) is 6.07 Å². The van der Waals surface area contributed by atoms with Gasteiger partial charge in [0.05, 0.1) is 0 Å². The van der Waals surface area contributed by atoms with Gasteiger partial charge < -0.3 is 10.6 Å². The van der Waals surface area contributed by atoms with Gasteiger partial charge in [-0.05, 0) is 48.9 Å². The van der Waals surface area contributed by atoms with E-state index in [-0.39, 0.29) is 17.3 Å². The minimum absolute atomic E-state index is 0.0777. The Hall–Kier alpha value is -1.09. The summed E-state index contributed by atoms with van der Waals surface area (Å²) in [7, 11) is 2.07. The fourth-order valence-electron chi connectivity index (χ4n) is 2.28. The number of hydrogen-bond donors (Lipinski definition) is 1. The molecule has 0 radical (unpaired) electrons. The van der Waals surface area contributed by atoms with Gasteiger partial charge in [-0.2, -0.15) is 0 Å². The molecule has 0 aliphatic heterocycles. The van der Waals surface area contributed by atoms with E-state index in [4.69, 9.17) is 5.73 Å². The summed E-state index contributed by atoms with van der Waals surface area (Å²) in [6, 6.07) is 5.45. The number of hydrogen-bond acceptors (Lipinski definition) is 2. The van der Waals surface area contributed by atoms with Gasteiger partial charge in [0.2, 0.25) is 0 Å². The highest BCUT2D eigenvalue weighted by Crippen LogP contribution is 2.30. The van der Waals surface area contributed by atoms with E-state index in [2.05, 4.69) is 46.6 Å². The van der Waals surface area contributed by atoms with Gasteiger partial charge in [-0.3, -0.25) is 0 Å². The minimum atomic E-state index is -0.191. The van der Waals surface area contributed by atoms with Crippen LogP contribution >= 0.6 is 0 Å². The second-order valence-electron chi connectivity index (χ2n) is 6.80. The molecule has 1 aromatic carbocycles. The molecule has 1 rings (SSSR count). The molecule has 0 saturated carbocycles. The van der Waals surface area contributed by atoms with Crippen molar-refractivity contribution in [2.75, 3.05) is 11.9 Å². The maximum atomic E-state index is 13.5. The van der Waals surface area contributed by atoms with Gasteiger partial charge in [-0.25, -0.2) is 4.39 Å². The molecule has 0 amide bonds. The van der Waals surface area contributed by atoms with Crippen molar-refractivity contribution in [3.63, 3.8) is 0 Å². The summed E-state index contributed by atoms with van der Waals surface area (Å²) >= 11 is 0. The number of benzene rings is 1. The molecule has 0 aliphatic carbocycles. The van der Waals surface area contributed by atoms with Crippen molar-refractivity contribution in [3.8, 4) is 0 Å². The minimum Gasteiger partial charge on any atom is -0.371 e. The largest absolute Gasteiger partial charge is 0.371 e. The number of nitrogens with two attached hydrogens (primary N) is 1. The van der Waals surface area contributed by atoms with Crippen LogP contribution in [0.3, 0.4) is 0 Å². The Morgan fingerprint density at radius 1 is 1.30 bits per heavy atom. The molecule has 0 fully saturated rings. The van der Waals surface area contributed by atoms with E-state index < -0.39 is 0 Å². The zero-order chi connectivity index (χ0) is 15.5. The molecule has 2 nitrogen and oxygen atoms in total. The zero-order valence-corrected chi connectivity index (χ0v) is 13.7. The highest BCUT2D eigenvalue weighted by atomic mass is 19.1. The van der Waals surface area contributed by atoms with Crippen molar-refractivity contribution in [2.45, 2.75) is 59.5 Å². The van der Waals surface area contributed by atoms with Gasteiger partial charge in [0.15, 0.2) is 0 Å². The number of anilines is 1. The number of nitrogens with zero attached hydrogens (tertiary/aromatic N) is 1. The topological polar surface area (TPSA) is 29.3 Å². The van der Waals surface area contributed by atoms with Crippen LogP contribution in [0.1, 0.15) is 46.6 Å². The highest BCUT2D eigenvalue weighted by molar-refractivity contribution is 5.54. The Morgan fingerprint density at radius 3 is 2.40 bits per heavy atom. The summed E-state index contributed by atoms with van der Waals surface area (Å²) in [6.07, 6.45) is 1.61. The summed E-state index contributed by atoms with van der Waals surface area (Å²) in [6.45, 7) is 10.9. The van der Waals surface area contributed by atoms with Gasteiger partial charge in [0.1, 0.15) is 5.82 Å². The van der Waals surface area contributed by atoms with Crippen molar-refractivity contribution >= 4 is 5.69 Å². The van der Waals surface area contributed by atoms with Gasteiger partial charge >= 0.3 is 0 Å². The Labute approximate surface area is 123 Å². The van der Waals surface area contributed by atoms with Crippen LogP contribution in [0.4, 0.5) is 10.1 Å². The van der Waals surface area contributed by atoms with E-state index >= 15 is 0 Å². The molecule has 1 aromatic rings. The molecule has 2 atom stereocenters. The Bertz CT molecular complexity index is 437. The molecule has 3 heteroatoms. The molecule has 0 aromatic heterocycles. The first kappa shape index (κ1) is 17.0. The van der Waals surface area contributed by atoms with Crippen molar-refractivity contribution < 1.29 is 4.39 Å². The third kappa shape index (κ3) is 4.20.